The van der Waals surface area contributed by atoms with E-state index in [-0.39, 0.29) is 11.5 Å². The number of fused-ring (bicyclic) bond motifs is 3. The number of rotatable bonds is 4. The van der Waals surface area contributed by atoms with E-state index in [2.05, 4.69) is 4.98 Å². The van der Waals surface area contributed by atoms with Gasteiger partial charge in [0, 0.05) is 28.0 Å². The summed E-state index contributed by atoms with van der Waals surface area (Å²) in [5.74, 6) is -0.931. The molecule has 2 N–H and O–H groups in total. The van der Waals surface area contributed by atoms with E-state index in [1.54, 1.807) is 6.20 Å². The van der Waals surface area contributed by atoms with E-state index in [0.717, 1.165) is 40.3 Å². The van der Waals surface area contributed by atoms with Gasteiger partial charge in [-0.2, -0.15) is 0 Å². The van der Waals surface area contributed by atoms with Crippen molar-refractivity contribution >= 4 is 27.8 Å². The Hall–Kier alpha value is -3.34. The molecule has 1 aliphatic rings. The van der Waals surface area contributed by atoms with Gasteiger partial charge in [0.15, 0.2) is 0 Å². The van der Waals surface area contributed by atoms with Crippen LogP contribution in [0.1, 0.15) is 18.9 Å². The molecular weight excluding hydrogens is 340 g/mol. The van der Waals surface area contributed by atoms with Crippen molar-refractivity contribution < 1.29 is 9.90 Å². The lowest BCUT2D eigenvalue weighted by molar-refractivity contribution is -0.141. The Morgan fingerprint density at radius 1 is 1.07 bits per heavy atom. The maximum Gasteiger partial charge on any atom is 0.327 e. The smallest absolute Gasteiger partial charge is 0.327 e. The quantitative estimate of drug-likeness (QED) is 0.574. The molecule has 0 bridgehead atoms. The third kappa shape index (κ3) is 2.46. The van der Waals surface area contributed by atoms with Gasteiger partial charge in [-0.05, 0) is 30.4 Å². The number of aliphatic carboxylic acids is 1. The fourth-order valence-corrected chi connectivity index (χ4v) is 3.98. The molecule has 0 aliphatic heterocycles. The van der Waals surface area contributed by atoms with Crippen LogP contribution in [0.2, 0.25) is 0 Å². The number of H-pyrrole nitrogens is 1. The van der Waals surface area contributed by atoms with Gasteiger partial charge in [-0.25, -0.2) is 4.79 Å². The van der Waals surface area contributed by atoms with Gasteiger partial charge in [0.05, 0.1) is 0 Å². The molecule has 1 fully saturated rings. The molecule has 4 aromatic rings. The van der Waals surface area contributed by atoms with Crippen molar-refractivity contribution in [1.82, 2.24) is 9.55 Å². The number of nitrogens with one attached hydrogen (secondary N) is 1. The highest BCUT2D eigenvalue weighted by Crippen LogP contribution is 2.41. The number of carboxylic acids is 1. The minimum atomic E-state index is -0.950. The number of pyridine rings is 1. The average Bonchev–Trinajstić information content (AvgIpc) is 3.43. The maximum absolute atomic E-state index is 13.2. The van der Waals surface area contributed by atoms with Crippen LogP contribution in [0.15, 0.2) is 65.6 Å². The molecular formula is C22H18N2O3. The third-order valence-electron chi connectivity index (χ3n) is 5.40. The zero-order valence-corrected chi connectivity index (χ0v) is 14.6. The largest absolute Gasteiger partial charge is 0.480 e. The molecule has 0 spiro atoms. The standard InChI is InChI=1S/C22H18N2O3/c25-21-19-18(15-8-4-5-9-17(15)23-19)16(13-6-2-1-3-7-13)12-24(21)20(22(26)27)14-10-11-14/h1-9,12,14,20,23H,10-11H2,(H,26,27). The second kappa shape index (κ2) is 5.84. The highest BCUT2D eigenvalue weighted by atomic mass is 16.4. The second-order valence-corrected chi connectivity index (χ2v) is 7.16. The number of hydrogen-bond acceptors (Lipinski definition) is 2. The Morgan fingerprint density at radius 3 is 2.48 bits per heavy atom. The van der Waals surface area contributed by atoms with Gasteiger partial charge in [-0.3, -0.25) is 9.36 Å². The lowest BCUT2D eigenvalue weighted by Crippen LogP contribution is -2.31. The van der Waals surface area contributed by atoms with E-state index in [1.807, 2.05) is 54.6 Å². The molecule has 1 saturated carbocycles. The highest BCUT2D eigenvalue weighted by molar-refractivity contribution is 6.13. The van der Waals surface area contributed by atoms with Gasteiger partial charge in [0.2, 0.25) is 0 Å². The predicted octanol–water partition coefficient (Wildman–Crippen LogP) is 4.19. The van der Waals surface area contributed by atoms with Crippen LogP contribution in [0.4, 0.5) is 0 Å². The SMILES string of the molecule is O=C(O)C(C1CC1)n1cc(-c2ccccc2)c2c([nH]c3ccccc32)c1=O. The van der Waals surface area contributed by atoms with Crippen molar-refractivity contribution in [2.45, 2.75) is 18.9 Å². The lowest BCUT2D eigenvalue weighted by atomic mass is 10.0. The molecule has 134 valence electrons. The van der Waals surface area contributed by atoms with Gasteiger partial charge in [0.25, 0.3) is 5.56 Å². The molecule has 5 rings (SSSR count). The Balaban J connectivity index is 1.91. The monoisotopic (exact) mass is 358 g/mol. The number of carbonyl (C=O) groups is 1. The van der Waals surface area contributed by atoms with Crippen molar-refractivity contribution in [2.24, 2.45) is 5.92 Å². The first-order chi connectivity index (χ1) is 13.1. The van der Waals surface area contributed by atoms with Crippen LogP contribution in [0.5, 0.6) is 0 Å². The number of para-hydroxylation sites is 1. The van der Waals surface area contributed by atoms with E-state index >= 15 is 0 Å². The van der Waals surface area contributed by atoms with Crippen molar-refractivity contribution in [3.8, 4) is 11.1 Å². The summed E-state index contributed by atoms with van der Waals surface area (Å²) < 4.78 is 1.42. The Bertz CT molecular complexity index is 1230. The van der Waals surface area contributed by atoms with Crippen LogP contribution in [0.3, 0.4) is 0 Å². The molecule has 0 radical (unpaired) electrons. The van der Waals surface area contributed by atoms with Gasteiger partial charge < -0.3 is 10.1 Å². The molecule has 27 heavy (non-hydrogen) atoms. The van der Waals surface area contributed by atoms with Gasteiger partial charge in [-0.15, -0.1) is 0 Å². The molecule has 5 heteroatoms. The molecule has 1 aliphatic carbocycles. The van der Waals surface area contributed by atoms with Crippen LogP contribution in [-0.2, 0) is 4.79 Å². The normalized spacial score (nSPS) is 15.3. The number of carboxylic acid groups (broad SMARTS) is 1. The van der Waals surface area contributed by atoms with Crippen LogP contribution in [0, 0.1) is 5.92 Å². The first-order valence-corrected chi connectivity index (χ1v) is 9.09. The summed E-state index contributed by atoms with van der Waals surface area (Å²) in [4.78, 5) is 28.4. The highest BCUT2D eigenvalue weighted by Gasteiger charge is 2.38. The molecule has 0 saturated heterocycles. The Kier molecular flexibility index (Phi) is 3.44. The molecule has 5 nitrogen and oxygen atoms in total. The summed E-state index contributed by atoms with van der Waals surface area (Å²) in [7, 11) is 0. The summed E-state index contributed by atoms with van der Waals surface area (Å²) in [6, 6.07) is 16.8. The van der Waals surface area contributed by atoms with Gasteiger partial charge >= 0.3 is 5.97 Å². The predicted molar refractivity (Wildman–Crippen MR) is 105 cm³/mol. The minimum Gasteiger partial charge on any atom is -0.480 e. The summed E-state index contributed by atoms with van der Waals surface area (Å²) >= 11 is 0. The molecule has 2 heterocycles. The summed E-state index contributed by atoms with van der Waals surface area (Å²) in [6.07, 6.45) is 3.42. The molecule has 1 atom stereocenters. The number of aromatic nitrogens is 2. The van der Waals surface area contributed by atoms with E-state index < -0.39 is 12.0 Å². The topological polar surface area (TPSA) is 75.1 Å². The van der Waals surface area contributed by atoms with Crippen molar-refractivity contribution in [3.63, 3.8) is 0 Å². The Morgan fingerprint density at radius 2 is 1.78 bits per heavy atom. The zero-order valence-electron chi connectivity index (χ0n) is 14.6. The summed E-state index contributed by atoms with van der Waals surface area (Å²) in [5, 5.41) is 11.6. The lowest BCUT2D eigenvalue weighted by Gasteiger charge is -2.17. The van der Waals surface area contributed by atoms with E-state index in [9.17, 15) is 14.7 Å². The van der Waals surface area contributed by atoms with Gasteiger partial charge in [-0.1, -0.05) is 48.5 Å². The van der Waals surface area contributed by atoms with Crippen molar-refractivity contribution in [2.75, 3.05) is 0 Å². The van der Waals surface area contributed by atoms with Crippen LogP contribution in [0.25, 0.3) is 32.9 Å². The Labute approximate surface area is 154 Å². The van der Waals surface area contributed by atoms with E-state index in [4.69, 9.17) is 0 Å². The fourth-order valence-electron chi connectivity index (χ4n) is 3.98. The number of hydrogen-bond donors (Lipinski definition) is 2. The molecule has 2 aromatic heterocycles. The summed E-state index contributed by atoms with van der Waals surface area (Å²) in [5.41, 5.74) is 2.89. The van der Waals surface area contributed by atoms with E-state index in [1.165, 1.54) is 4.57 Å². The second-order valence-electron chi connectivity index (χ2n) is 7.16. The van der Waals surface area contributed by atoms with E-state index in [0.29, 0.717) is 5.52 Å². The van der Waals surface area contributed by atoms with Crippen LogP contribution in [-0.4, -0.2) is 20.6 Å². The number of benzene rings is 2. The first-order valence-electron chi connectivity index (χ1n) is 9.09. The number of aromatic amines is 1. The average molecular weight is 358 g/mol. The van der Waals surface area contributed by atoms with Crippen LogP contribution < -0.4 is 5.56 Å². The number of nitrogens with zero attached hydrogens (tertiary/aromatic N) is 1. The van der Waals surface area contributed by atoms with Crippen molar-refractivity contribution in [1.29, 1.82) is 0 Å². The minimum absolute atomic E-state index is 0.0191. The first kappa shape index (κ1) is 15.9. The molecule has 0 amide bonds. The van der Waals surface area contributed by atoms with Crippen LogP contribution >= 0.6 is 0 Å². The molecule has 1 unspecified atom stereocenters. The fraction of sp³-hybridized carbons (Fsp3) is 0.182. The van der Waals surface area contributed by atoms with Gasteiger partial charge in [0.1, 0.15) is 11.6 Å². The third-order valence-corrected chi connectivity index (χ3v) is 5.40. The summed E-state index contributed by atoms with van der Waals surface area (Å²) in [6.45, 7) is 0. The zero-order chi connectivity index (χ0) is 18.5. The maximum atomic E-state index is 13.2. The molecule has 2 aromatic carbocycles. The van der Waals surface area contributed by atoms with Crippen molar-refractivity contribution in [3.05, 3.63) is 71.1 Å².